The van der Waals surface area contributed by atoms with Crippen molar-refractivity contribution in [3.05, 3.63) is 40.7 Å². The van der Waals surface area contributed by atoms with Crippen LogP contribution in [-0.2, 0) is 12.7 Å². The lowest BCUT2D eigenvalue weighted by molar-refractivity contribution is -0.137. The lowest BCUT2D eigenvalue weighted by Gasteiger charge is -2.09. The maximum atomic E-state index is 12.4. The summed E-state index contributed by atoms with van der Waals surface area (Å²) in [7, 11) is 1.63. The maximum absolute atomic E-state index is 12.4. The molecule has 0 aliphatic rings. The Balaban J connectivity index is 2.05. The van der Waals surface area contributed by atoms with Gasteiger partial charge in [-0.1, -0.05) is 12.1 Å². The van der Waals surface area contributed by atoms with Gasteiger partial charge >= 0.3 is 6.18 Å². The average molecular weight is 318 g/mol. The third kappa shape index (κ3) is 4.19. The molecule has 9 heteroatoms. The SMILES string of the molecule is CNc1nc(Cl)nc(NCc2ccc(C(F)(F)F)cc2)n1. The molecule has 2 N–H and O–H groups in total. The Bertz CT molecular complexity index is 615. The van der Waals surface area contributed by atoms with Crippen LogP contribution in [0.5, 0.6) is 0 Å². The van der Waals surface area contributed by atoms with Gasteiger partial charge in [-0.3, -0.25) is 0 Å². The van der Waals surface area contributed by atoms with Crippen LogP contribution in [0.25, 0.3) is 0 Å². The highest BCUT2D eigenvalue weighted by atomic mass is 35.5. The second-order valence-electron chi connectivity index (χ2n) is 4.05. The minimum Gasteiger partial charge on any atom is -0.357 e. The van der Waals surface area contributed by atoms with Crippen LogP contribution in [0.15, 0.2) is 24.3 Å². The average Bonchev–Trinajstić information content (AvgIpc) is 2.44. The summed E-state index contributed by atoms with van der Waals surface area (Å²) in [6.45, 7) is 0.266. The highest BCUT2D eigenvalue weighted by Gasteiger charge is 2.29. The third-order valence-electron chi connectivity index (χ3n) is 2.56. The molecular formula is C12H11ClF3N5. The van der Waals surface area contributed by atoms with Crippen molar-refractivity contribution in [2.45, 2.75) is 12.7 Å². The molecule has 21 heavy (non-hydrogen) atoms. The standard InChI is InChI=1S/C12H11ClF3N5/c1-17-10-19-9(13)20-11(21-10)18-6-7-2-4-8(5-3-7)12(14,15)16/h2-5H,6H2,1H3,(H2,17,18,19,20,21). The van der Waals surface area contributed by atoms with E-state index in [0.29, 0.717) is 11.5 Å². The van der Waals surface area contributed by atoms with Crippen LogP contribution < -0.4 is 10.6 Å². The first-order valence-corrected chi connectivity index (χ1v) is 6.25. The lowest BCUT2D eigenvalue weighted by atomic mass is 10.1. The summed E-state index contributed by atoms with van der Waals surface area (Å²) in [5, 5.41) is 5.60. The van der Waals surface area contributed by atoms with Gasteiger partial charge in [0, 0.05) is 13.6 Å². The number of benzene rings is 1. The molecule has 0 amide bonds. The first-order valence-electron chi connectivity index (χ1n) is 5.88. The molecule has 112 valence electrons. The van der Waals surface area contributed by atoms with Gasteiger partial charge in [-0.25, -0.2) is 0 Å². The van der Waals surface area contributed by atoms with E-state index in [2.05, 4.69) is 25.6 Å². The van der Waals surface area contributed by atoms with E-state index in [4.69, 9.17) is 11.6 Å². The van der Waals surface area contributed by atoms with E-state index in [-0.39, 0.29) is 17.8 Å². The lowest BCUT2D eigenvalue weighted by Crippen LogP contribution is -2.08. The summed E-state index contributed by atoms with van der Waals surface area (Å²) in [5.41, 5.74) is -0.0301. The van der Waals surface area contributed by atoms with Crippen LogP contribution in [0, 0.1) is 0 Å². The molecule has 0 aliphatic carbocycles. The zero-order valence-corrected chi connectivity index (χ0v) is 11.6. The van der Waals surface area contributed by atoms with Gasteiger partial charge in [0.25, 0.3) is 0 Å². The third-order valence-corrected chi connectivity index (χ3v) is 2.73. The molecule has 1 heterocycles. The van der Waals surface area contributed by atoms with Crippen molar-refractivity contribution in [1.29, 1.82) is 0 Å². The smallest absolute Gasteiger partial charge is 0.357 e. The van der Waals surface area contributed by atoms with E-state index in [0.717, 1.165) is 12.1 Å². The molecule has 5 nitrogen and oxygen atoms in total. The van der Waals surface area contributed by atoms with Crippen molar-refractivity contribution >= 4 is 23.5 Å². The van der Waals surface area contributed by atoms with Crippen LogP contribution in [0.1, 0.15) is 11.1 Å². The highest BCUT2D eigenvalue weighted by Crippen LogP contribution is 2.29. The van der Waals surface area contributed by atoms with Gasteiger partial charge in [0.15, 0.2) is 0 Å². The van der Waals surface area contributed by atoms with E-state index < -0.39 is 11.7 Å². The Hall–Kier alpha value is -2.09. The fourth-order valence-electron chi connectivity index (χ4n) is 1.53. The molecule has 0 saturated carbocycles. The quantitative estimate of drug-likeness (QED) is 0.906. The summed E-state index contributed by atoms with van der Waals surface area (Å²) in [5.74, 6) is 0.532. The minimum absolute atomic E-state index is 0.0178. The van der Waals surface area contributed by atoms with Crippen LogP contribution >= 0.6 is 11.6 Å². The summed E-state index contributed by atoms with van der Waals surface area (Å²) in [4.78, 5) is 11.7. The predicted molar refractivity (Wildman–Crippen MR) is 73.2 cm³/mol. The molecule has 1 aromatic heterocycles. The van der Waals surface area contributed by atoms with E-state index in [1.165, 1.54) is 12.1 Å². The Kier molecular flexibility index (Phi) is 4.46. The summed E-state index contributed by atoms with van der Waals surface area (Å²) < 4.78 is 37.3. The largest absolute Gasteiger partial charge is 0.416 e. The summed E-state index contributed by atoms with van der Waals surface area (Å²) in [6.07, 6.45) is -4.34. The van der Waals surface area contributed by atoms with Crippen LogP contribution in [0.2, 0.25) is 5.28 Å². The molecule has 0 aliphatic heterocycles. The number of hydrogen-bond donors (Lipinski definition) is 2. The van der Waals surface area contributed by atoms with Crippen molar-refractivity contribution in [3.63, 3.8) is 0 Å². The number of aromatic nitrogens is 3. The van der Waals surface area contributed by atoms with Crippen LogP contribution in [-0.4, -0.2) is 22.0 Å². The molecule has 2 aromatic rings. The molecular weight excluding hydrogens is 307 g/mol. The van der Waals surface area contributed by atoms with E-state index in [1.54, 1.807) is 7.05 Å². The second-order valence-corrected chi connectivity index (χ2v) is 4.39. The van der Waals surface area contributed by atoms with Crippen LogP contribution in [0.4, 0.5) is 25.1 Å². The summed E-state index contributed by atoms with van der Waals surface area (Å²) in [6, 6.07) is 4.82. The highest BCUT2D eigenvalue weighted by molar-refractivity contribution is 6.28. The van der Waals surface area contributed by atoms with Gasteiger partial charge < -0.3 is 10.6 Å². The number of halogens is 4. The van der Waals surface area contributed by atoms with E-state index in [9.17, 15) is 13.2 Å². The molecule has 0 radical (unpaired) electrons. The number of nitrogens with one attached hydrogen (secondary N) is 2. The van der Waals surface area contributed by atoms with Gasteiger partial charge in [-0.2, -0.15) is 28.1 Å². The van der Waals surface area contributed by atoms with Crippen LogP contribution in [0.3, 0.4) is 0 Å². The Morgan fingerprint density at radius 2 is 1.67 bits per heavy atom. The first-order chi connectivity index (χ1) is 9.88. The van der Waals surface area contributed by atoms with Gasteiger partial charge in [-0.15, -0.1) is 0 Å². The number of anilines is 2. The zero-order valence-electron chi connectivity index (χ0n) is 10.9. The topological polar surface area (TPSA) is 62.7 Å². The fraction of sp³-hybridized carbons (Fsp3) is 0.250. The van der Waals surface area contributed by atoms with Crippen molar-refractivity contribution < 1.29 is 13.2 Å². The van der Waals surface area contributed by atoms with Crippen molar-refractivity contribution in [2.24, 2.45) is 0 Å². The van der Waals surface area contributed by atoms with E-state index >= 15 is 0 Å². The molecule has 0 unspecified atom stereocenters. The molecule has 1 aromatic carbocycles. The monoisotopic (exact) mass is 317 g/mol. The number of hydrogen-bond acceptors (Lipinski definition) is 5. The van der Waals surface area contributed by atoms with Crippen molar-refractivity contribution in [2.75, 3.05) is 17.7 Å². The normalized spacial score (nSPS) is 11.3. The van der Waals surface area contributed by atoms with E-state index in [1.807, 2.05) is 0 Å². The van der Waals surface area contributed by atoms with Gasteiger partial charge in [-0.05, 0) is 29.3 Å². The molecule has 0 fully saturated rings. The molecule has 0 spiro atoms. The second kappa shape index (κ2) is 6.13. The first kappa shape index (κ1) is 15.3. The Morgan fingerprint density at radius 1 is 1.05 bits per heavy atom. The minimum atomic E-state index is -4.34. The fourth-order valence-corrected chi connectivity index (χ4v) is 1.69. The molecule has 0 saturated heterocycles. The molecule has 0 atom stereocenters. The van der Waals surface area contributed by atoms with Crippen molar-refractivity contribution in [3.8, 4) is 0 Å². The Labute approximate surface area is 123 Å². The Morgan fingerprint density at radius 3 is 2.24 bits per heavy atom. The summed E-state index contributed by atoms with van der Waals surface area (Å²) >= 11 is 5.71. The number of rotatable bonds is 4. The number of alkyl halides is 3. The predicted octanol–water partition coefficient (Wildman–Crippen LogP) is 3.20. The van der Waals surface area contributed by atoms with Gasteiger partial charge in [0.05, 0.1) is 5.56 Å². The van der Waals surface area contributed by atoms with Gasteiger partial charge in [0.2, 0.25) is 17.2 Å². The molecule has 2 rings (SSSR count). The number of nitrogens with zero attached hydrogens (tertiary/aromatic N) is 3. The maximum Gasteiger partial charge on any atom is 0.416 e. The van der Waals surface area contributed by atoms with Crippen molar-refractivity contribution in [1.82, 2.24) is 15.0 Å². The van der Waals surface area contributed by atoms with Gasteiger partial charge in [0.1, 0.15) is 0 Å². The molecule has 0 bridgehead atoms. The zero-order chi connectivity index (χ0) is 15.5.